The minimum absolute atomic E-state index is 0.00191. The Hall–Kier alpha value is -3.15. The maximum absolute atomic E-state index is 14.1. The lowest BCUT2D eigenvalue weighted by molar-refractivity contribution is -0.122. The molecule has 0 bridgehead atoms. The van der Waals surface area contributed by atoms with Gasteiger partial charge in [0.25, 0.3) is 11.8 Å². The number of fused-ring (bicyclic) bond motifs is 4. The van der Waals surface area contributed by atoms with E-state index in [1.54, 1.807) is 18.2 Å². The zero-order valence-corrected chi connectivity index (χ0v) is 22.7. The average Bonchev–Trinajstić information content (AvgIpc) is 3.19. The normalized spacial score (nSPS) is 28.1. The first-order chi connectivity index (χ1) is 17.9. The summed E-state index contributed by atoms with van der Waals surface area (Å²) in [6.45, 7) is -0.00191. The molecule has 1 saturated carbocycles. The predicted molar refractivity (Wildman–Crippen MR) is 140 cm³/mol. The van der Waals surface area contributed by atoms with Crippen LogP contribution in [0.4, 0.5) is 10.1 Å². The molecule has 38 heavy (non-hydrogen) atoms. The Kier molecular flexibility index (Phi) is 5.41. The minimum Gasteiger partial charge on any atom is -0.508 e. The van der Waals surface area contributed by atoms with Gasteiger partial charge in [-0.1, -0.05) is 22.0 Å². The van der Waals surface area contributed by atoms with Crippen molar-refractivity contribution in [3.8, 4) is 5.75 Å². The first kappa shape index (κ1) is 25.1. The molecule has 9 nitrogen and oxygen atoms in total. The number of imide groups is 1. The molecule has 1 N–H and O–H groups in total. The number of aromatic nitrogens is 3. The highest BCUT2D eigenvalue weighted by atomic mass is 79.9. The summed E-state index contributed by atoms with van der Waals surface area (Å²) in [6, 6.07) is 8.37. The van der Waals surface area contributed by atoms with E-state index < -0.39 is 50.7 Å². The molecule has 3 heterocycles. The number of carbonyl (C=O) groups excluding carboxylic acids is 2. The maximum Gasteiger partial charge on any atom is 0.347 e. The molecule has 6 rings (SSSR count). The van der Waals surface area contributed by atoms with E-state index >= 15 is 0 Å². The summed E-state index contributed by atoms with van der Waals surface area (Å²) in [5, 5.41) is 10.9. The fourth-order valence-electron chi connectivity index (χ4n) is 5.87. The Morgan fingerprint density at radius 2 is 1.71 bits per heavy atom. The number of halogens is 4. The molecule has 0 radical (unpaired) electrons. The largest absolute Gasteiger partial charge is 0.508 e. The zero-order chi connectivity index (χ0) is 27.3. The summed E-state index contributed by atoms with van der Waals surface area (Å²) in [7, 11) is 1.34. The standard InChI is InChI=1S/C25H18BrCl2FN4O5/c1-30-22(37)31-9-8-15-17(33(31)23(30)38)11-24(27)20(35)32(14-5-3-13(29)4-6-14)21(36)25(24,28)19(15)16-10-12(26)2-7-18(16)34/h2-8,10,17,19,34H,9,11H2,1H3/t17-,19-,24-,25+/m1/s1. The SMILES string of the molecule is Cn1c(=O)n2n(c1=O)[C@@H]1C[C@@]3(Cl)C(=O)N(c4ccc(F)cc4)C(=O)[C@@]3(Cl)[C@@H](c3cc(Br)ccc3O)C1=CC2. The van der Waals surface area contributed by atoms with Gasteiger partial charge in [0.15, 0.2) is 9.75 Å². The maximum atomic E-state index is 14.1. The van der Waals surface area contributed by atoms with Gasteiger partial charge in [-0.15, -0.1) is 23.2 Å². The quantitative estimate of drug-likeness (QED) is 0.268. The second-order valence-corrected chi connectivity index (χ2v) is 11.7. The van der Waals surface area contributed by atoms with Crippen LogP contribution in [0.2, 0.25) is 0 Å². The van der Waals surface area contributed by atoms with Crippen LogP contribution in [-0.4, -0.2) is 40.6 Å². The smallest absolute Gasteiger partial charge is 0.347 e. The minimum atomic E-state index is -2.14. The fraction of sp³-hybridized carbons (Fsp3) is 0.280. The van der Waals surface area contributed by atoms with E-state index in [1.165, 1.54) is 34.6 Å². The summed E-state index contributed by atoms with van der Waals surface area (Å²) in [5.41, 5.74) is -0.451. The number of allylic oxidation sites excluding steroid dienone is 2. The number of hydrogen-bond donors (Lipinski definition) is 1. The first-order valence-electron chi connectivity index (χ1n) is 11.5. The van der Waals surface area contributed by atoms with E-state index in [-0.39, 0.29) is 30.0 Å². The third-order valence-corrected chi connectivity index (χ3v) is 9.56. The number of anilines is 1. The molecule has 1 saturated heterocycles. The summed E-state index contributed by atoms with van der Waals surface area (Å²) >= 11 is 17.7. The van der Waals surface area contributed by atoms with Gasteiger partial charge in [0.05, 0.1) is 18.3 Å². The number of amides is 2. The van der Waals surface area contributed by atoms with Gasteiger partial charge in [-0.2, -0.15) is 0 Å². The van der Waals surface area contributed by atoms with Crippen molar-refractivity contribution < 1.29 is 19.1 Å². The molecule has 2 fully saturated rings. The van der Waals surface area contributed by atoms with Crippen LogP contribution in [0.25, 0.3) is 0 Å². The Bertz CT molecular complexity index is 1710. The predicted octanol–water partition coefficient (Wildman–Crippen LogP) is 3.15. The number of aromatic hydroxyl groups is 1. The Balaban J connectivity index is 1.64. The Morgan fingerprint density at radius 1 is 1.03 bits per heavy atom. The molecule has 1 aromatic heterocycles. The Morgan fingerprint density at radius 3 is 2.39 bits per heavy atom. The fourth-order valence-corrected chi connectivity index (χ4v) is 7.16. The molecule has 4 atom stereocenters. The number of alkyl halides is 2. The van der Waals surface area contributed by atoms with Crippen molar-refractivity contribution in [3.05, 3.63) is 90.9 Å². The molecule has 1 aliphatic carbocycles. The first-order valence-corrected chi connectivity index (χ1v) is 13.1. The zero-order valence-electron chi connectivity index (χ0n) is 19.6. The third-order valence-electron chi connectivity index (χ3n) is 7.65. The highest BCUT2D eigenvalue weighted by molar-refractivity contribution is 9.10. The van der Waals surface area contributed by atoms with Crippen LogP contribution in [0, 0.1) is 5.82 Å². The number of nitrogens with zero attached hydrogens (tertiary/aromatic N) is 4. The summed E-state index contributed by atoms with van der Waals surface area (Å²) in [6.07, 6.45) is 1.39. The van der Waals surface area contributed by atoms with E-state index in [0.29, 0.717) is 10.0 Å². The van der Waals surface area contributed by atoms with Crippen molar-refractivity contribution >= 4 is 56.6 Å². The van der Waals surface area contributed by atoms with Crippen molar-refractivity contribution in [1.29, 1.82) is 0 Å². The van der Waals surface area contributed by atoms with Crippen molar-refractivity contribution in [2.45, 2.75) is 34.7 Å². The van der Waals surface area contributed by atoms with Crippen LogP contribution in [-0.2, 0) is 23.2 Å². The number of hydrogen-bond acceptors (Lipinski definition) is 5. The van der Waals surface area contributed by atoms with Crippen LogP contribution < -0.4 is 16.3 Å². The second-order valence-electron chi connectivity index (χ2n) is 9.55. The summed E-state index contributed by atoms with van der Waals surface area (Å²) < 4.78 is 17.6. The van der Waals surface area contributed by atoms with Crippen molar-refractivity contribution in [1.82, 2.24) is 13.9 Å². The lowest BCUT2D eigenvalue weighted by atomic mass is 9.64. The van der Waals surface area contributed by atoms with Gasteiger partial charge >= 0.3 is 11.4 Å². The monoisotopic (exact) mass is 622 g/mol. The van der Waals surface area contributed by atoms with Gasteiger partial charge in [-0.3, -0.25) is 9.59 Å². The summed E-state index contributed by atoms with van der Waals surface area (Å²) in [5.74, 6) is -3.65. The molecule has 2 amide bonds. The lowest BCUT2D eigenvalue weighted by Gasteiger charge is -2.49. The van der Waals surface area contributed by atoms with Gasteiger partial charge in [-0.05, 0) is 48.0 Å². The van der Waals surface area contributed by atoms with Gasteiger partial charge in [0, 0.05) is 29.4 Å². The molecule has 196 valence electrons. The van der Waals surface area contributed by atoms with E-state index in [4.69, 9.17) is 23.2 Å². The van der Waals surface area contributed by atoms with Crippen molar-refractivity contribution in [2.75, 3.05) is 4.90 Å². The molecule has 2 aliphatic heterocycles. The topological polar surface area (TPSA) is 107 Å². The summed E-state index contributed by atoms with van der Waals surface area (Å²) in [4.78, 5) is 50.6. The number of rotatable bonds is 2. The highest BCUT2D eigenvalue weighted by Gasteiger charge is 2.76. The van der Waals surface area contributed by atoms with E-state index in [0.717, 1.165) is 21.6 Å². The molecule has 13 heteroatoms. The van der Waals surface area contributed by atoms with Gasteiger partial charge in [0.2, 0.25) is 0 Å². The van der Waals surface area contributed by atoms with Crippen LogP contribution in [0.1, 0.15) is 23.9 Å². The molecule has 2 aromatic carbocycles. The molecule has 0 unspecified atom stereocenters. The van der Waals surface area contributed by atoms with Crippen LogP contribution in [0.15, 0.2) is 68.2 Å². The number of benzene rings is 2. The number of phenolic OH excluding ortho intramolecular Hbond substituents is 1. The molecule has 3 aromatic rings. The van der Waals surface area contributed by atoms with Gasteiger partial charge < -0.3 is 5.11 Å². The van der Waals surface area contributed by atoms with E-state index in [1.807, 2.05) is 0 Å². The Labute approximate surface area is 232 Å². The van der Waals surface area contributed by atoms with Crippen LogP contribution in [0.3, 0.4) is 0 Å². The van der Waals surface area contributed by atoms with E-state index in [9.17, 15) is 28.7 Å². The van der Waals surface area contributed by atoms with Crippen molar-refractivity contribution in [3.63, 3.8) is 0 Å². The lowest BCUT2D eigenvalue weighted by Crippen LogP contribution is -2.59. The molecule has 0 spiro atoms. The van der Waals surface area contributed by atoms with Gasteiger partial charge in [0.1, 0.15) is 11.6 Å². The van der Waals surface area contributed by atoms with Gasteiger partial charge in [-0.25, -0.2) is 32.8 Å². The second kappa shape index (κ2) is 8.17. The molecular weight excluding hydrogens is 606 g/mol. The third kappa shape index (κ3) is 3.03. The van der Waals surface area contributed by atoms with Crippen LogP contribution >= 0.6 is 39.1 Å². The molecule has 3 aliphatic rings. The van der Waals surface area contributed by atoms with Crippen molar-refractivity contribution in [2.24, 2.45) is 7.05 Å². The molecular formula is C25H18BrCl2FN4O5. The number of carbonyl (C=O) groups is 2. The van der Waals surface area contributed by atoms with Crippen LogP contribution in [0.5, 0.6) is 5.75 Å². The average molecular weight is 624 g/mol. The highest BCUT2D eigenvalue weighted by Crippen LogP contribution is 2.64. The van der Waals surface area contributed by atoms with E-state index in [2.05, 4.69) is 15.9 Å². The number of phenols is 1.